The van der Waals surface area contributed by atoms with Gasteiger partial charge >= 0.3 is 6.09 Å². The fraction of sp³-hybridized carbons (Fsp3) is 0.458. The average Bonchev–Trinajstić information content (AvgIpc) is 3.48. The summed E-state index contributed by atoms with van der Waals surface area (Å²) in [5, 5.41) is 0. The van der Waals surface area contributed by atoms with Gasteiger partial charge in [-0.15, -0.1) is 0 Å². The molecular weight excluding hydrogens is 486 g/mol. The SMILES string of the molecule is CCOC(=O)N1CCN(c2nc3ccccn3c(=O)c2C=C2SC(=S)N(C3CCCC3)C2=O)CC1. The number of rotatable bonds is 4. The molecule has 0 spiro atoms. The summed E-state index contributed by atoms with van der Waals surface area (Å²) in [6.45, 7) is 4.01. The third-order valence-corrected chi connectivity index (χ3v) is 7.97. The second-order valence-corrected chi connectivity index (χ2v) is 10.4. The van der Waals surface area contributed by atoms with Gasteiger partial charge in [-0.05, 0) is 38.0 Å². The highest BCUT2D eigenvalue weighted by atomic mass is 32.2. The molecule has 9 nitrogen and oxygen atoms in total. The largest absolute Gasteiger partial charge is 0.450 e. The van der Waals surface area contributed by atoms with E-state index in [0.29, 0.717) is 59.0 Å². The lowest BCUT2D eigenvalue weighted by Gasteiger charge is -2.35. The van der Waals surface area contributed by atoms with E-state index in [1.807, 2.05) is 11.0 Å². The lowest BCUT2D eigenvalue weighted by atomic mass is 10.2. The summed E-state index contributed by atoms with van der Waals surface area (Å²) >= 11 is 6.79. The van der Waals surface area contributed by atoms with E-state index < -0.39 is 0 Å². The number of fused-ring (bicyclic) bond motifs is 1. The van der Waals surface area contributed by atoms with Crippen LogP contribution in [-0.4, -0.2) is 74.3 Å². The molecule has 3 fully saturated rings. The van der Waals surface area contributed by atoms with Crippen LogP contribution in [0.2, 0.25) is 0 Å². The summed E-state index contributed by atoms with van der Waals surface area (Å²) in [7, 11) is 0. The normalized spacial score (nSPS) is 20.5. The van der Waals surface area contributed by atoms with Crippen LogP contribution in [0, 0.1) is 0 Å². The van der Waals surface area contributed by atoms with E-state index >= 15 is 0 Å². The third kappa shape index (κ3) is 4.54. The van der Waals surface area contributed by atoms with Crippen LogP contribution in [0.25, 0.3) is 11.7 Å². The number of amides is 2. The van der Waals surface area contributed by atoms with Crippen molar-refractivity contribution in [3.63, 3.8) is 0 Å². The van der Waals surface area contributed by atoms with Gasteiger partial charge in [-0.3, -0.25) is 18.9 Å². The van der Waals surface area contributed by atoms with Gasteiger partial charge < -0.3 is 14.5 Å². The number of nitrogens with zero attached hydrogens (tertiary/aromatic N) is 5. The number of anilines is 1. The predicted molar refractivity (Wildman–Crippen MR) is 140 cm³/mol. The molecule has 35 heavy (non-hydrogen) atoms. The van der Waals surface area contributed by atoms with Gasteiger partial charge in [0.05, 0.1) is 17.1 Å². The minimum absolute atomic E-state index is 0.137. The Morgan fingerprint density at radius 3 is 2.66 bits per heavy atom. The van der Waals surface area contributed by atoms with Crippen molar-refractivity contribution < 1.29 is 14.3 Å². The van der Waals surface area contributed by atoms with Crippen LogP contribution in [0.15, 0.2) is 34.1 Å². The summed E-state index contributed by atoms with van der Waals surface area (Å²) in [5.41, 5.74) is 0.630. The Kier molecular flexibility index (Phi) is 6.79. The molecule has 0 N–H and O–H groups in total. The molecule has 5 rings (SSSR count). The molecule has 2 aliphatic heterocycles. The van der Waals surface area contributed by atoms with E-state index in [-0.39, 0.29) is 23.6 Å². The maximum atomic E-state index is 13.6. The van der Waals surface area contributed by atoms with Crippen LogP contribution < -0.4 is 10.5 Å². The van der Waals surface area contributed by atoms with E-state index in [2.05, 4.69) is 0 Å². The molecule has 1 saturated carbocycles. The first-order valence-electron chi connectivity index (χ1n) is 11.9. The van der Waals surface area contributed by atoms with Crippen molar-refractivity contribution >= 4 is 57.8 Å². The van der Waals surface area contributed by atoms with Gasteiger partial charge in [0.15, 0.2) is 0 Å². The van der Waals surface area contributed by atoms with E-state index in [1.165, 1.54) is 16.2 Å². The number of piperazine rings is 1. The maximum Gasteiger partial charge on any atom is 0.409 e. The van der Waals surface area contributed by atoms with Crippen molar-refractivity contribution in [1.82, 2.24) is 19.2 Å². The quantitative estimate of drug-likeness (QED) is 0.455. The fourth-order valence-electron chi connectivity index (χ4n) is 4.86. The Labute approximate surface area is 212 Å². The molecule has 0 atom stereocenters. The highest BCUT2D eigenvalue weighted by molar-refractivity contribution is 8.26. The van der Waals surface area contributed by atoms with Gasteiger partial charge in [0.2, 0.25) is 0 Å². The van der Waals surface area contributed by atoms with Crippen molar-refractivity contribution in [2.24, 2.45) is 0 Å². The van der Waals surface area contributed by atoms with Crippen molar-refractivity contribution in [2.45, 2.75) is 38.6 Å². The number of ether oxygens (including phenoxy) is 1. The number of carbonyl (C=O) groups excluding carboxylic acids is 2. The average molecular weight is 514 g/mol. The molecule has 0 radical (unpaired) electrons. The minimum Gasteiger partial charge on any atom is -0.450 e. The molecule has 11 heteroatoms. The zero-order valence-corrected chi connectivity index (χ0v) is 21.1. The van der Waals surface area contributed by atoms with E-state index in [0.717, 1.165) is 25.7 Å². The van der Waals surface area contributed by atoms with Crippen LogP contribution in [-0.2, 0) is 9.53 Å². The number of thiocarbonyl (C=S) groups is 1. The topological polar surface area (TPSA) is 87.5 Å². The second kappa shape index (κ2) is 9.98. The van der Waals surface area contributed by atoms with E-state index in [1.54, 1.807) is 41.1 Å². The van der Waals surface area contributed by atoms with Crippen LogP contribution in [0.3, 0.4) is 0 Å². The molecule has 2 aromatic rings. The molecule has 0 unspecified atom stereocenters. The molecule has 3 aliphatic rings. The number of carbonyl (C=O) groups is 2. The lowest BCUT2D eigenvalue weighted by Crippen LogP contribution is -2.49. The van der Waals surface area contributed by atoms with Gasteiger partial charge in [0.25, 0.3) is 11.5 Å². The fourth-order valence-corrected chi connectivity index (χ4v) is 6.24. The number of thioether (sulfide) groups is 1. The summed E-state index contributed by atoms with van der Waals surface area (Å²) in [6, 6.07) is 5.52. The zero-order chi connectivity index (χ0) is 24.5. The predicted octanol–water partition coefficient (Wildman–Crippen LogP) is 3.12. The lowest BCUT2D eigenvalue weighted by molar-refractivity contribution is -0.123. The number of hydrogen-bond acceptors (Lipinski definition) is 8. The van der Waals surface area contributed by atoms with E-state index in [4.69, 9.17) is 21.9 Å². The first kappa shape index (κ1) is 23.8. The van der Waals surface area contributed by atoms with Crippen LogP contribution in [0.1, 0.15) is 38.2 Å². The van der Waals surface area contributed by atoms with Gasteiger partial charge in [-0.1, -0.05) is 42.9 Å². The maximum absolute atomic E-state index is 13.6. The van der Waals surface area contributed by atoms with Crippen LogP contribution >= 0.6 is 24.0 Å². The van der Waals surface area contributed by atoms with Crippen LogP contribution in [0.5, 0.6) is 0 Å². The summed E-state index contributed by atoms with van der Waals surface area (Å²) in [6.07, 6.45) is 7.09. The summed E-state index contributed by atoms with van der Waals surface area (Å²) in [5.74, 6) is 0.374. The number of aromatic nitrogens is 2. The smallest absolute Gasteiger partial charge is 0.409 e. The molecular formula is C24H27N5O4S2. The van der Waals surface area contributed by atoms with Crippen LogP contribution in [0.4, 0.5) is 10.6 Å². The molecule has 2 aromatic heterocycles. The Bertz CT molecular complexity index is 1260. The van der Waals surface area contributed by atoms with Gasteiger partial charge in [-0.25, -0.2) is 9.78 Å². The van der Waals surface area contributed by atoms with Crippen molar-refractivity contribution in [3.05, 3.63) is 45.2 Å². The number of pyridine rings is 1. The van der Waals surface area contributed by atoms with E-state index in [9.17, 15) is 14.4 Å². The Balaban J connectivity index is 1.51. The number of hydrogen-bond donors (Lipinski definition) is 0. The van der Waals surface area contributed by atoms with Gasteiger partial charge in [0, 0.05) is 38.4 Å². The molecule has 2 saturated heterocycles. The standard InChI is InChI=1S/C24H27N5O4S2/c1-2-33-23(32)27-13-11-26(12-14-27)20-17(21(30)28-10-6-5-9-19(28)25-20)15-18-22(31)29(24(34)35-18)16-7-3-4-8-16/h5-6,9-10,15-16H,2-4,7-8,11-14H2,1H3. The second-order valence-electron chi connectivity index (χ2n) is 8.75. The van der Waals surface area contributed by atoms with Crippen molar-refractivity contribution in [1.29, 1.82) is 0 Å². The minimum atomic E-state index is -0.338. The van der Waals surface area contributed by atoms with Gasteiger partial charge in [-0.2, -0.15) is 0 Å². The molecule has 0 aromatic carbocycles. The highest BCUT2D eigenvalue weighted by Crippen LogP contribution is 2.38. The molecule has 1 aliphatic carbocycles. The first-order chi connectivity index (χ1) is 17.0. The zero-order valence-electron chi connectivity index (χ0n) is 19.5. The first-order valence-corrected chi connectivity index (χ1v) is 13.2. The molecule has 4 heterocycles. The van der Waals surface area contributed by atoms with Crippen molar-refractivity contribution in [2.75, 3.05) is 37.7 Å². The Morgan fingerprint density at radius 1 is 1.20 bits per heavy atom. The summed E-state index contributed by atoms with van der Waals surface area (Å²) in [4.78, 5) is 49.6. The summed E-state index contributed by atoms with van der Waals surface area (Å²) < 4.78 is 7.15. The highest BCUT2D eigenvalue weighted by Gasteiger charge is 2.38. The van der Waals surface area contributed by atoms with Crippen molar-refractivity contribution in [3.8, 4) is 0 Å². The Hall–Kier alpha value is -2.92. The third-order valence-electron chi connectivity index (χ3n) is 6.64. The molecule has 2 amide bonds. The van der Waals surface area contributed by atoms with Gasteiger partial charge in [0.1, 0.15) is 15.8 Å². The monoisotopic (exact) mass is 513 g/mol. The Morgan fingerprint density at radius 2 is 1.94 bits per heavy atom. The molecule has 184 valence electrons. The molecule has 0 bridgehead atoms.